The number of rotatable bonds is 6. The molecule has 2 atom stereocenters. The number of carbonyl (C=O) groups is 1. The van der Waals surface area contributed by atoms with Crippen molar-refractivity contribution in [1.29, 1.82) is 0 Å². The van der Waals surface area contributed by atoms with Crippen molar-refractivity contribution in [2.24, 2.45) is 0 Å². The fraction of sp³-hybridized carbons (Fsp3) is 0.529. The second-order valence-corrected chi connectivity index (χ2v) is 10.5. The standard InChI is InChI=1S/C17H22ClN3O3S2/c1-3-7-21-15-5-4-12(18)9-14(15)20-17(21)25-11(2)16(22)19-13-6-8-26(23,24)10-13/h4-5,9,11,13H,3,6-8,10H2,1-2H3,(H,19,22). The number of thioether (sulfide) groups is 1. The Morgan fingerprint density at radius 1 is 1.50 bits per heavy atom. The van der Waals surface area contributed by atoms with Crippen LogP contribution >= 0.6 is 23.4 Å². The van der Waals surface area contributed by atoms with Gasteiger partial charge in [-0.15, -0.1) is 0 Å². The van der Waals surface area contributed by atoms with Gasteiger partial charge in [0.2, 0.25) is 5.91 Å². The topological polar surface area (TPSA) is 81.1 Å². The van der Waals surface area contributed by atoms with Gasteiger partial charge in [0, 0.05) is 17.6 Å². The van der Waals surface area contributed by atoms with E-state index in [1.54, 1.807) is 0 Å². The first-order valence-corrected chi connectivity index (χ1v) is 11.7. The average Bonchev–Trinajstić information content (AvgIpc) is 3.07. The van der Waals surface area contributed by atoms with Gasteiger partial charge < -0.3 is 9.88 Å². The lowest BCUT2D eigenvalue weighted by atomic mass is 10.2. The van der Waals surface area contributed by atoms with Crippen LogP contribution in [0.2, 0.25) is 5.02 Å². The monoisotopic (exact) mass is 415 g/mol. The molecule has 3 rings (SSSR count). The summed E-state index contributed by atoms with van der Waals surface area (Å²) in [5.41, 5.74) is 1.80. The molecule has 2 heterocycles. The summed E-state index contributed by atoms with van der Waals surface area (Å²) in [5.74, 6) is 0.0143. The van der Waals surface area contributed by atoms with Crippen LogP contribution < -0.4 is 5.32 Å². The van der Waals surface area contributed by atoms with Crippen molar-refractivity contribution in [2.45, 2.75) is 49.7 Å². The fourth-order valence-corrected chi connectivity index (χ4v) is 5.85. The van der Waals surface area contributed by atoms with Crippen molar-refractivity contribution < 1.29 is 13.2 Å². The van der Waals surface area contributed by atoms with Crippen molar-refractivity contribution >= 4 is 50.1 Å². The van der Waals surface area contributed by atoms with Gasteiger partial charge in [-0.2, -0.15) is 0 Å². The number of amides is 1. The van der Waals surface area contributed by atoms with E-state index in [9.17, 15) is 13.2 Å². The molecule has 1 aromatic heterocycles. The molecule has 1 fully saturated rings. The zero-order valence-electron chi connectivity index (χ0n) is 14.7. The number of halogens is 1. The molecule has 1 aliphatic rings. The van der Waals surface area contributed by atoms with Crippen molar-refractivity contribution in [3.05, 3.63) is 23.2 Å². The maximum atomic E-state index is 12.5. The van der Waals surface area contributed by atoms with E-state index in [0.717, 1.165) is 29.2 Å². The van der Waals surface area contributed by atoms with E-state index < -0.39 is 9.84 Å². The molecular weight excluding hydrogens is 394 g/mol. The molecule has 0 spiro atoms. The first-order chi connectivity index (χ1) is 12.3. The lowest BCUT2D eigenvalue weighted by Crippen LogP contribution is -2.40. The predicted octanol–water partition coefficient (Wildman–Crippen LogP) is 2.88. The highest BCUT2D eigenvalue weighted by molar-refractivity contribution is 8.00. The highest BCUT2D eigenvalue weighted by Crippen LogP contribution is 2.29. The van der Waals surface area contributed by atoms with Gasteiger partial charge in [0.1, 0.15) is 0 Å². The number of benzene rings is 1. The third-order valence-corrected chi connectivity index (χ3v) is 7.45. The molecule has 2 aromatic rings. The molecule has 1 saturated heterocycles. The number of aromatic nitrogens is 2. The Morgan fingerprint density at radius 2 is 2.27 bits per heavy atom. The summed E-state index contributed by atoms with van der Waals surface area (Å²) in [7, 11) is -3.01. The van der Waals surface area contributed by atoms with Crippen LogP contribution in [0.1, 0.15) is 26.7 Å². The van der Waals surface area contributed by atoms with Crippen LogP contribution in [0.4, 0.5) is 0 Å². The molecule has 0 radical (unpaired) electrons. The maximum absolute atomic E-state index is 12.5. The van der Waals surface area contributed by atoms with E-state index in [0.29, 0.717) is 11.4 Å². The zero-order valence-corrected chi connectivity index (χ0v) is 17.1. The Balaban J connectivity index is 1.75. The SMILES string of the molecule is CCCn1c(SC(C)C(=O)NC2CCS(=O)(=O)C2)nc2cc(Cl)ccc21. The largest absolute Gasteiger partial charge is 0.351 e. The van der Waals surface area contributed by atoms with Crippen LogP contribution in [-0.2, 0) is 21.2 Å². The molecule has 1 amide bonds. The smallest absolute Gasteiger partial charge is 0.233 e. The van der Waals surface area contributed by atoms with Crippen LogP contribution in [0.3, 0.4) is 0 Å². The first-order valence-electron chi connectivity index (χ1n) is 8.62. The Kier molecular flexibility index (Phi) is 5.84. The number of imidazole rings is 1. The molecule has 1 N–H and O–H groups in total. The number of aryl methyl sites for hydroxylation is 1. The van der Waals surface area contributed by atoms with Gasteiger partial charge in [0.25, 0.3) is 0 Å². The van der Waals surface area contributed by atoms with Crippen molar-refractivity contribution in [1.82, 2.24) is 14.9 Å². The van der Waals surface area contributed by atoms with Crippen LogP contribution in [-0.4, -0.2) is 46.7 Å². The second kappa shape index (κ2) is 7.78. The number of carbonyl (C=O) groups excluding carboxylic acids is 1. The lowest BCUT2D eigenvalue weighted by molar-refractivity contribution is -0.120. The minimum atomic E-state index is -3.01. The van der Waals surface area contributed by atoms with Crippen molar-refractivity contribution in [2.75, 3.05) is 11.5 Å². The fourth-order valence-electron chi connectivity index (χ4n) is 3.05. The Morgan fingerprint density at radius 3 is 2.92 bits per heavy atom. The minimum absolute atomic E-state index is 0.0307. The zero-order chi connectivity index (χ0) is 18.9. The lowest BCUT2D eigenvalue weighted by Gasteiger charge is -2.16. The number of nitrogens with one attached hydrogen (secondary N) is 1. The van der Waals surface area contributed by atoms with Crippen LogP contribution in [0.25, 0.3) is 11.0 Å². The summed E-state index contributed by atoms with van der Waals surface area (Å²) in [5, 5.41) is 3.88. The molecule has 9 heteroatoms. The third-order valence-electron chi connectivity index (χ3n) is 4.35. The van der Waals surface area contributed by atoms with E-state index in [2.05, 4.69) is 21.8 Å². The highest BCUT2D eigenvalue weighted by atomic mass is 35.5. The molecule has 0 saturated carbocycles. The van der Waals surface area contributed by atoms with Crippen molar-refractivity contribution in [3.8, 4) is 0 Å². The summed E-state index contributed by atoms with van der Waals surface area (Å²) in [4.78, 5) is 17.1. The number of hydrogen-bond acceptors (Lipinski definition) is 5. The second-order valence-electron chi connectivity index (χ2n) is 6.55. The van der Waals surface area contributed by atoms with E-state index >= 15 is 0 Å². The first kappa shape index (κ1) is 19.5. The number of nitrogens with zero attached hydrogens (tertiary/aromatic N) is 2. The maximum Gasteiger partial charge on any atom is 0.233 e. The molecule has 0 bridgehead atoms. The summed E-state index contributed by atoms with van der Waals surface area (Å²) in [6, 6.07) is 5.31. The van der Waals surface area contributed by atoms with Gasteiger partial charge in [-0.25, -0.2) is 13.4 Å². The van der Waals surface area contributed by atoms with Gasteiger partial charge in [0.05, 0.1) is 27.8 Å². The Bertz CT molecular complexity index is 927. The molecule has 1 aromatic carbocycles. The van der Waals surface area contributed by atoms with Gasteiger partial charge in [-0.1, -0.05) is 30.3 Å². The summed E-state index contributed by atoms with van der Waals surface area (Å²) >= 11 is 7.44. The van der Waals surface area contributed by atoms with Gasteiger partial charge in [-0.05, 0) is 38.0 Å². The molecular formula is C17H22ClN3O3S2. The molecule has 1 aliphatic heterocycles. The van der Waals surface area contributed by atoms with Gasteiger partial charge >= 0.3 is 0 Å². The van der Waals surface area contributed by atoms with E-state index in [-0.39, 0.29) is 28.7 Å². The molecule has 142 valence electrons. The van der Waals surface area contributed by atoms with Gasteiger partial charge in [0.15, 0.2) is 15.0 Å². The summed E-state index contributed by atoms with van der Waals surface area (Å²) < 4.78 is 25.2. The normalized spacial score (nSPS) is 20.3. The predicted molar refractivity (Wildman–Crippen MR) is 106 cm³/mol. The Hall–Kier alpha value is -1.25. The minimum Gasteiger partial charge on any atom is -0.351 e. The number of hydrogen-bond donors (Lipinski definition) is 1. The van der Waals surface area contributed by atoms with Crippen LogP contribution in [0.5, 0.6) is 0 Å². The summed E-state index contributed by atoms with van der Waals surface area (Å²) in [6.45, 7) is 4.70. The third kappa shape index (κ3) is 4.35. The number of sulfone groups is 1. The Labute approximate surface area is 162 Å². The van der Waals surface area contributed by atoms with Crippen LogP contribution in [0.15, 0.2) is 23.4 Å². The molecule has 2 unspecified atom stereocenters. The van der Waals surface area contributed by atoms with E-state index in [1.165, 1.54) is 11.8 Å². The quantitative estimate of drug-likeness (QED) is 0.733. The van der Waals surface area contributed by atoms with Crippen LogP contribution in [0, 0.1) is 0 Å². The average molecular weight is 416 g/mol. The van der Waals surface area contributed by atoms with E-state index in [1.807, 2.05) is 25.1 Å². The van der Waals surface area contributed by atoms with Gasteiger partial charge in [-0.3, -0.25) is 4.79 Å². The molecule has 0 aliphatic carbocycles. The summed E-state index contributed by atoms with van der Waals surface area (Å²) in [6.07, 6.45) is 1.43. The number of fused-ring (bicyclic) bond motifs is 1. The van der Waals surface area contributed by atoms with E-state index in [4.69, 9.17) is 11.6 Å². The molecule has 26 heavy (non-hydrogen) atoms. The highest BCUT2D eigenvalue weighted by Gasteiger charge is 2.30. The van der Waals surface area contributed by atoms with Crippen molar-refractivity contribution in [3.63, 3.8) is 0 Å². The molecule has 6 nitrogen and oxygen atoms in total.